The average molecular weight is 305 g/mol. The van der Waals surface area contributed by atoms with Crippen LogP contribution in [0.4, 0.5) is 18.9 Å². The Labute approximate surface area is 120 Å². The molecule has 0 radical (unpaired) electrons. The van der Waals surface area contributed by atoms with Gasteiger partial charge in [0.15, 0.2) is 0 Å². The Hall–Kier alpha value is -0.940. The van der Waals surface area contributed by atoms with Gasteiger partial charge in [-0.3, -0.25) is 0 Å². The van der Waals surface area contributed by atoms with Crippen molar-refractivity contribution in [2.45, 2.75) is 25.1 Å². The fourth-order valence-corrected chi connectivity index (χ4v) is 3.41. The summed E-state index contributed by atoms with van der Waals surface area (Å²) in [5.74, 6) is 0.549. The van der Waals surface area contributed by atoms with E-state index in [-0.39, 0.29) is 11.1 Å². The number of hydrogen-bond acceptors (Lipinski definition) is 2. The first-order valence-corrected chi connectivity index (χ1v) is 7.16. The Kier molecular flexibility index (Phi) is 3.58. The molecule has 0 amide bonds. The van der Waals surface area contributed by atoms with Crippen molar-refractivity contribution in [3.05, 3.63) is 28.8 Å². The minimum atomic E-state index is -4.36. The van der Waals surface area contributed by atoms with Crippen molar-refractivity contribution in [2.24, 2.45) is 5.92 Å². The SMILES string of the molecule is FC(F)(F)c1cc(Cl)cc(NC2CN3CCC2CC3)c1. The Morgan fingerprint density at radius 3 is 2.40 bits per heavy atom. The van der Waals surface area contributed by atoms with Crippen LogP contribution in [0.1, 0.15) is 18.4 Å². The highest BCUT2D eigenvalue weighted by Crippen LogP contribution is 2.35. The monoisotopic (exact) mass is 304 g/mol. The van der Waals surface area contributed by atoms with E-state index in [1.165, 1.54) is 0 Å². The van der Waals surface area contributed by atoms with E-state index in [2.05, 4.69) is 10.2 Å². The third kappa shape index (κ3) is 2.88. The molecule has 2 nitrogen and oxygen atoms in total. The van der Waals surface area contributed by atoms with Crippen LogP contribution in [0, 0.1) is 5.92 Å². The van der Waals surface area contributed by atoms with Gasteiger partial charge in [-0.1, -0.05) is 11.6 Å². The number of hydrogen-bond donors (Lipinski definition) is 1. The number of benzene rings is 1. The maximum absolute atomic E-state index is 12.8. The molecule has 0 saturated carbocycles. The van der Waals surface area contributed by atoms with E-state index in [1.54, 1.807) is 6.07 Å². The predicted molar refractivity (Wildman–Crippen MR) is 73.0 cm³/mol. The Morgan fingerprint density at radius 2 is 1.85 bits per heavy atom. The van der Waals surface area contributed by atoms with Gasteiger partial charge in [-0.25, -0.2) is 0 Å². The molecule has 1 atom stereocenters. The molecular formula is C14H16ClF3N2. The number of nitrogens with one attached hydrogen (secondary N) is 1. The smallest absolute Gasteiger partial charge is 0.381 e. The second-order valence-corrected chi connectivity index (χ2v) is 6.05. The number of nitrogens with zero attached hydrogens (tertiary/aromatic N) is 1. The minimum Gasteiger partial charge on any atom is -0.381 e. The van der Waals surface area contributed by atoms with Crippen molar-refractivity contribution in [2.75, 3.05) is 25.0 Å². The van der Waals surface area contributed by atoms with Crippen LogP contribution in [-0.4, -0.2) is 30.6 Å². The molecule has 4 rings (SSSR count). The first kappa shape index (κ1) is 14.0. The lowest BCUT2D eigenvalue weighted by atomic mass is 9.84. The van der Waals surface area contributed by atoms with Gasteiger partial charge in [-0.05, 0) is 50.0 Å². The predicted octanol–water partition coefficient (Wildman–Crippen LogP) is 3.86. The zero-order valence-corrected chi connectivity index (χ0v) is 11.6. The number of fused-ring (bicyclic) bond motifs is 3. The van der Waals surface area contributed by atoms with Gasteiger partial charge >= 0.3 is 6.18 Å². The summed E-state index contributed by atoms with van der Waals surface area (Å²) in [5.41, 5.74) is -0.239. The molecular weight excluding hydrogens is 289 g/mol. The van der Waals surface area contributed by atoms with Crippen molar-refractivity contribution in [1.82, 2.24) is 4.90 Å². The molecule has 3 aliphatic rings. The lowest BCUT2D eigenvalue weighted by Gasteiger charge is -2.45. The third-order valence-corrected chi connectivity index (χ3v) is 4.45. The number of alkyl halides is 3. The summed E-state index contributed by atoms with van der Waals surface area (Å²) in [6.45, 7) is 3.11. The molecule has 110 valence electrons. The highest BCUT2D eigenvalue weighted by molar-refractivity contribution is 6.30. The molecule has 0 aromatic heterocycles. The minimum absolute atomic E-state index is 0.114. The van der Waals surface area contributed by atoms with Crippen LogP contribution in [0.2, 0.25) is 5.02 Å². The van der Waals surface area contributed by atoms with Crippen LogP contribution in [0.3, 0.4) is 0 Å². The Bertz CT molecular complexity index is 496. The largest absolute Gasteiger partial charge is 0.416 e. The molecule has 1 aromatic carbocycles. The first-order valence-electron chi connectivity index (χ1n) is 6.78. The molecule has 1 unspecified atom stereocenters. The zero-order chi connectivity index (χ0) is 14.3. The van der Waals surface area contributed by atoms with Gasteiger partial charge in [0.05, 0.1) is 5.56 Å². The molecule has 1 N–H and O–H groups in total. The Morgan fingerprint density at radius 1 is 1.15 bits per heavy atom. The van der Waals surface area contributed by atoms with Gasteiger partial charge < -0.3 is 10.2 Å². The van der Waals surface area contributed by atoms with Crippen molar-refractivity contribution < 1.29 is 13.2 Å². The van der Waals surface area contributed by atoms with E-state index in [0.717, 1.165) is 44.6 Å². The molecule has 1 aromatic rings. The second-order valence-electron chi connectivity index (χ2n) is 5.62. The molecule has 20 heavy (non-hydrogen) atoms. The molecule has 3 heterocycles. The number of anilines is 1. The zero-order valence-electron chi connectivity index (χ0n) is 10.9. The highest BCUT2D eigenvalue weighted by Gasteiger charge is 2.35. The summed E-state index contributed by atoms with van der Waals surface area (Å²) in [6, 6.07) is 3.89. The lowest BCUT2D eigenvalue weighted by Crippen LogP contribution is -2.53. The van der Waals surface area contributed by atoms with E-state index in [9.17, 15) is 13.2 Å². The van der Waals surface area contributed by atoms with Crippen LogP contribution in [0.15, 0.2) is 18.2 Å². The summed E-state index contributed by atoms with van der Waals surface area (Å²) in [5, 5.41) is 3.35. The van der Waals surface area contributed by atoms with Gasteiger partial charge in [0.25, 0.3) is 0 Å². The van der Waals surface area contributed by atoms with Crippen molar-refractivity contribution in [1.29, 1.82) is 0 Å². The van der Waals surface area contributed by atoms with Gasteiger partial charge in [0.1, 0.15) is 0 Å². The van der Waals surface area contributed by atoms with Crippen LogP contribution >= 0.6 is 11.6 Å². The summed E-state index contributed by atoms with van der Waals surface area (Å²) >= 11 is 5.80. The molecule has 3 fully saturated rings. The van der Waals surface area contributed by atoms with Gasteiger partial charge in [-0.15, -0.1) is 0 Å². The van der Waals surface area contributed by atoms with Crippen molar-refractivity contribution >= 4 is 17.3 Å². The molecule has 3 saturated heterocycles. The topological polar surface area (TPSA) is 15.3 Å². The molecule has 0 spiro atoms. The number of piperidine rings is 3. The highest BCUT2D eigenvalue weighted by atomic mass is 35.5. The summed E-state index contributed by atoms with van der Waals surface area (Å²) in [7, 11) is 0. The van der Waals surface area contributed by atoms with E-state index < -0.39 is 11.7 Å². The standard InChI is InChI=1S/C14H16ClF3N2/c15-11-5-10(14(16,17)18)6-12(7-11)19-13-8-20-3-1-9(13)2-4-20/h5-7,9,13,19H,1-4,8H2. The number of halogens is 4. The van der Waals surface area contributed by atoms with Crippen molar-refractivity contribution in [3.8, 4) is 0 Å². The average Bonchev–Trinajstić information content (AvgIpc) is 2.38. The molecule has 3 aliphatic heterocycles. The third-order valence-electron chi connectivity index (χ3n) is 4.23. The summed E-state index contributed by atoms with van der Waals surface area (Å²) < 4.78 is 38.3. The first-order chi connectivity index (χ1) is 9.41. The fraction of sp³-hybridized carbons (Fsp3) is 0.571. The van der Waals surface area contributed by atoms with E-state index in [0.29, 0.717) is 11.6 Å². The van der Waals surface area contributed by atoms with Gasteiger partial charge in [0.2, 0.25) is 0 Å². The number of rotatable bonds is 2. The van der Waals surface area contributed by atoms with Crippen LogP contribution < -0.4 is 5.32 Å². The lowest BCUT2D eigenvalue weighted by molar-refractivity contribution is -0.137. The second kappa shape index (κ2) is 5.11. The molecule has 2 bridgehead atoms. The summed E-state index contributed by atoms with van der Waals surface area (Å²) in [4.78, 5) is 2.35. The maximum atomic E-state index is 12.8. The van der Waals surface area contributed by atoms with Gasteiger partial charge in [0, 0.05) is 23.3 Å². The van der Waals surface area contributed by atoms with Crippen LogP contribution in [0.5, 0.6) is 0 Å². The summed E-state index contributed by atoms with van der Waals surface area (Å²) in [6.07, 6.45) is -2.13. The quantitative estimate of drug-likeness (QED) is 0.892. The molecule has 0 aliphatic carbocycles. The van der Waals surface area contributed by atoms with Crippen LogP contribution in [-0.2, 0) is 6.18 Å². The van der Waals surface area contributed by atoms with Crippen LogP contribution in [0.25, 0.3) is 0 Å². The van der Waals surface area contributed by atoms with E-state index >= 15 is 0 Å². The van der Waals surface area contributed by atoms with Crippen molar-refractivity contribution in [3.63, 3.8) is 0 Å². The molecule has 6 heteroatoms. The van der Waals surface area contributed by atoms with Gasteiger partial charge in [-0.2, -0.15) is 13.2 Å². The maximum Gasteiger partial charge on any atom is 0.416 e. The van der Waals surface area contributed by atoms with E-state index in [4.69, 9.17) is 11.6 Å². The normalized spacial score (nSPS) is 29.5. The fourth-order valence-electron chi connectivity index (χ4n) is 3.18. The van der Waals surface area contributed by atoms with E-state index in [1.807, 2.05) is 0 Å². The Balaban J connectivity index is 1.79.